The van der Waals surface area contributed by atoms with Crippen LogP contribution in [-0.4, -0.2) is 25.9 Å². The Hall–Kier alpha value is -2.54. The van der Waals surface area contributed by atoms with E-state index in [0.717, 1.165) is 17.7 Å². The Morgan fingerprint density at radius 1 is 1.22 bits per heavy atom. The van der Waals surface area contributed by atoms with E-state index < -0.39 is 0 Å². The Bertz CT molecular complexity index is 905. The minimum absolute atomic E-state index is 0.0571. The number of furan rings is 1. The molecule has 1 amide bonds. The first-order valence-electron chi connectivity index (χ1n) is 9.01. The van der Waals surface area contributed by atoms with Crippen LogP contribution in [0.15, 0.2) is 52.2 Å². The first-order chi connectivity index (χ1) is 13.0. The topological polar surface area (TPSA) is 73.0 Å². The van der Waals surface area contributed by atoms with Gasteiger partial charge in [-0.2, -0.15) is 0 Å². The van der Waals surface area contributed by atoms with E-state index in [1.807, 2.05) is 48.9 Å². The van der Waals surface area contributed by atoms with E-state index >= 15 is 0 Å². The summed E-state index contributed by atoms with van der Waals surface area (Å²) in [7, 11) is 1.86. The molecule has 0 saturated carbocycles. The van der Waals surface area contributed by atoms with Crippen molar-refractivity contribution in [3.8, 4) is 11.6 Å². The van der Waals surface area contributed by atoms with Gasteiger partial charge in [-0.25, -0.2) is 0 Å². The van der Waals surface area contributed by atoms with E-state index in [1.165, 1.54) is 11.8 Å². The van der Waals surface area contributed by atoms with Crippen molar-refractivity contribution in [1.82, 2.24) is 14.8 Å². The average molecular weight is 385 g/mol. The van der Waals surface area contributed by atoms with Crippen molar-refractivity contribution in [2.24, 2.45) is 7.05 Å². The van der Waals surface area contributed by atoms with E-state index in [-0.39, 0.29) is 11.2 Å². The number of hydrogen-bond donors (Lipinski definition) is 1. The Morgan fingerprint density at radius 3 is 2.70 bits per heavy atom. The average Bonchev–Trinajstić information content (AvgIpc) is 3.32. The first kappa shape index (κ1) is 19.2. The lowest BCUT2D eigenvalue weighted by Crippen LogP contribution is -2.23. The van der Waals surface area contributed by atoms with E-state index in [1.54, 1.807) is 6.26 Å². The highest BCUT2D eigenvalue weighted by Crippen LogP contribution is 2.29. The molecule has 0 aliphatic rings. The number of benzene rings is 1. The van der Waals surface area contributed by atoms with E-state index in [4.69, 9.17) is 4.42 Å². The molecule has 0 radical (unpaired) electrons. The van der Waals surface area contributed by atoms with Crippen LogP contribution in [0.1, 0.15) is 38.7 Å². The van der Waals surface area contributed by atoms with Gasteiger partial charge in [0.25, 0.3) is 0 Å². The normalized spacial score (nSPS) is 13.3. The third-order valence-electron chi connectivity index (χ3n) is 4.59. The lowest BCUT2D eigenvalue weighted by molar-refractivity contribution is -0.115. The van der Waals surface area contributed by atoms with Gasteiger partial charge in [-0.3, -0.25) is 4.79 Å². The van der Waals surface area contributed by atoms with Gasteiger partial charge in [-0.15, -0.1) is 10.2 Å². The highest BCUT2D eigenvalue weighted by Gasteiger charge is 2.21. The van der Waals surface area contributed by atoms with Crippen LogP contribution in [-0.2, 0) is 11.8 Å². The molecule has 2 aromatic heterocycles. The van der Waals surface area contributed by atoms with Gasteiger partial charge < -0.3 is 14.3 Å². The second kappa shape index (κ2) is 8.43. The summed E-state index contributed by atoms with van der Waals surface area (Å²) in [5.41, 5.74) is 2.03. The van der Waals surface area contributed by atoms with Crippen LogP contribution in [0.5, 0.6) is 0 Å². The van der Waals surface area contributed by atoms with E-state index in [2.05, 4.69) is 35.4 Å². The van der Waals surface area contributed by atoms with E-state index in [9.17, 15) is 4.79 Å². The van der Waals surface area contributed by atoms with Crippen LogP contribution in [0.3, 0.4) is 0 Å². The lowest BCUT2D eigenvalue weighted by atomic mass is 9.97. The molecule has 0 aliphatic carbocycles. The van der Waals surface area contributed by atoms with Gasteiger partial charge in [-0.1, -0.05) is 43.8 Å². The van der Waals surface area contributed by atoms with Gasteiger partial charge in [0, 0.05) is 12.7 Å². The number of rotatable bonds is 7. The fourth-order valence-electron chi connectivity index (χ4n) is 2.74. The van der Waals surface area contributed by atoms with Crippen molar-refractivity contribution < 1.29 is 9.21 Å². The van der Waals surface area contributed by atoms with E-state index in [0.29, 0.717) is 22.7 Å². The van der Waals surface area contributed by atoms with Crippen LogP contribution >= 0.6 is 11.8 Å². The number of para-hydroxylation sites is 1. The lowest BCUT2D eigenvalue weighted by Gasteiger charge is -2.17. The molecular weight excluding hydrogens is 360 g/mol. The van der Waals surface area contributed by atoms with Gasteiger partial charge in [0.05, 0.1) is 11.5 Å². The van der Waals surface area contributed by atoms with Gasteiger partial charge >= 0.3 is 0 Å². The number of amides is 1. The van der Waals surface area contributed by atoms with Gasteiger partial charge in [0.2, 0.25) is 5.91 Å². The Kier molecular flexibility index (Phi) is 6.01. The van der Waals surface area contributed by atoms with Crippen molar-refractivity contribution >= 4 is 23.4 Å². The zero-order valence-electron chi connectivity index (χ0n) is 16.0. The number of anilines is 1. The summed E-state index contributed by atoms with van der Waals surface area (Å²) in [5.74, 6) is 1.62. The molecule has 0 saturated heterocycles. The molecule has 0 bridgehead atoms. The summed E-state index contributed by atoms with van der Waals surface area (Å²) >= 11 is 1.37. The fourth-order valence-corrected chi connectivity index (χ4v) is 3.56. The Morgan fingerprint density at radius 2 is 2.00 bits per heavy atom. The monoisotopic (exact) mass is 384 g/mol. The van der Waals surface area contributed by atoms with Crippen molar-refractivity contribution in [3.63, 3.8) is 0 Å². The maximum Gasteiger partial charge on any atom is 0.237 e. The van der Waals surface area contributed by atoms with Crippen LogP contribution in [0, 0.1) is 0 Å². The highest BCUT2D eigenvalue weighted by molar-refractivity contribution is 8.00. The smallest absolute Gasteiger partial charge is 0.237 e. The summed E-state index contributed by atoms with van der Waals surface area (Å²) in [6.45, 7) is 6.18. The van der Waals surface area contributed by atoms with Crippen molar-refractivity contribution in [1.29, 1.82) is 0 Å². The second-order valence-corrected chi connectivity index (χ2v) is 7.80. The number of carbonyl (C=O) groups excluding carboxylic acids is 1. The van der Waals surface area contributed by atoms with Crippen LogP contribution in [0.2, 0.25) is 0 Å². The summed E-state index contributed by atoms with van der Waals surface area (Å²) in [5, 5.41) is 11.8. The zero-order chi connectivity index (χ0) is 19.4. The van der Waals surface area contributed by atoms with Crippen LogP contribution < -0.4 is 5.32 Å². The largest absolute Gasteiger partial charge is 0.461 e. The van der Waals surface area contributed by atoms with Gasteiger partial charge in [0.15, 0.2) is 16.7 Å². The number of nitrogens with one attached hydrogen (secondary N) is 1. The summed E-state index contributed by atoms with van der Waals surface area (Å²) in [4.78, 5) is 12.7. The van der Waals surface area contributed by atoms with Gasteiger partial charge in [0.1, 0.15) is 0 Å². The number of nitrogens with zero attached hydrogens (tertiary/aromatic N) is 3. The van der Waals surface area contributed by atoms with Crippen LogP contribution in [0.25, 0.3) is 11.6 Å². The highest BCUT2D eigenvalue weighted by atomic mass is 32.2. The minimum atomic E-state index is -0.317. The molecule has 1 N–H and O–H groups in total. The molecule has 3 aromatic rings. The molecule has 2 heterocycles. The third-order valence-corrected chi connectivity index (χ3v) is 5.72. The molecule has 0 unspecified atom stereocenters. The molecule has 3 rings (SSSR count). The SMILES string of the molecule is CC[C@@H](C)c1ccccc1NC(=O)[C@@H](C)Sc1nnc(-c2ccco2)n1C. The number of carbonyl (C=O) groups is 1. The van der Waals surface area contributed by atoms with Crippen molar-refractivity contribution in [3.05, 3.63) is 48.2 Å². The number of thioether (sulfide) groups is 1. The molecule has 142 valence electrons. The Labute approximate surface area is 163 Å². The summed E-state index contributed by atoms with van der Waals surface area (Å²) in [6.07, 6.45) is 2.62. The molecule has 1 aromatic carbocycles. The number of hydrogen-bond acceptors (Lipinski definition) is 5. The Balaban J connectivity index is 1.71. The maximum atomic E-state index is 12.7. The molecular formula is C20H24N4O2S. The maximum absolute atomic E-state index is 12.7. The third kappa shape index (κ3) is 4.24. The number of aromatic nitrogens is 3. The molecule has 2 atom stereocenters. The molecule has 7 heteroatoms. The molecule has 0 spiro atoms. The molecule has 6 nitrogen and oxygen atoms in total. The fraction of sp³-hybridized carbons (Fsp3) is 0.350. The standard InChI is InChI=1S/C20H24N4O2S/c1-5-13(2)15-9-6-7-10-16(15)21-19(25)14(3)27-20-23-22-18(24(20)4)17-11-8-12-26-17/h6-14H,5H2,1-4H3,(H,21,25)/t13-,14-/m1/s1. The van der Waals surface area contributed by atoms with Crippen molar-refractivity contribution in [2.45, 2.75) is 43.5 Å². The summed E-state index contributed by atoms with van der Waals surface area (Å²) < 4.78 is 7.21. The quantitative estimate of drug-likeness (QED) is 0.597. The predicted octanol–water partition coefficient (Wildman–Crippen LogP) is 4.71. The van der Waals surface area contributed by atoms with Crippen LogP contribution in [0.4, 0.5) is 5.69 Å². The zero-order valence-corrected chi connectivity index (χ0v) is 16.8. The predicted molar refractivity (Wildman–Crippen MR) is 108 cm³/mol. The first-order valence-corrected chi connectivity index (χ1v) is 9.89. The second-order valence-electron chi connectivity index (χ2n) is 6.49. The van der Waals surface area contributed by atoms with Crippen molar-refractivity contribution in [2.75, 3.05) is 5.32 Å². The molecule has 27 heavy (non-hydrogen) atoms. The summed E-state index contributed by atoms with van der Waals surface area (Å²) in [6, 6.07) is 11.6. The van der Waals surface area contributed by atoms with Gasteiger partial charge in [-0.05, 0) is 43.0 Å². The molecule has 0 fully saturated rings. The minimum Gasteiger partial charge on any atom is -0.461 e. The molecule has 0 aliphatic heterocycles.